The van der Waals surface area contributed by atoms with Crippen molar-refractivity contribution in [3.63, 3.8) is 0 Å². The van der Waals surface area contributed by atoms with Gasteiger partial charge in [0.2, 0.25) is 0 Å². The van der Waals surface area contributed by atoms with E-state index in [9.17, 15) is 4.79 Å². The molecule has 1 saturated heterocycles. The van der Waals surface area contributed by atoms with E-state index in [0.717, 1.165) is 43.2 Å². The van der Waals surface area contributed by atoms with Crippen molar-refractivity contribution in [2.24, 2.45) is 5.41 Å². The first-order valence-electron chi connectivity index (χ1n) is 11.6. The van der Waals surface area contributed by atoms with E-state index in [4.69, 9.17) is 14.2 Å². The zero-order chi connectivity index (χ0) is 22.8. The summed E-state index contributed by atoms with van der Waals surface area (Å²) in [5, 5.41) is 0. The summed E-state index contributed by atoms with van der Waals surface area (Å²) in [6.45, 7) is 8.61. The second kappa shape index (κ2) is 12.0. The molecule has 3 rings (SSSR count). The molecule has 1 fully saturated rings. The quantitative estimate of drug-likeness (QED) is 0.309. The van der Waals surface area contributed by atoms with Crippen LogP contribution in [0.1, 0.15) is 57.1 Å². The molecule has 1 aliphatic rings. The van der Waals surface area contributed by atoms with Crippen LogP contribution in [0.15, 0.2) is 73.3 Å². The normalized spacial score (nSPS) is 19.8. The van der Waals surface area contributed by atoms with Gasteiger partial charge < -0.3 is 14.2 Å². The molecule has 0 amide bonds. The standard InChI is InChI=1S/C28H36O4/c1-4-12-24(30-20-22-13-7-5-8-14-22)19-25-17-11-18-26(32-25)28(2,3)27(29)31-21-23-15-9-6-10-16-23/h4-10,13-16,24-26H,1,11-12,17-21H2,2-3H3/t24-,25+,26-/m1/s1. The fourth-order valence-electron chi connectivity index (χ4n) is 4.14. The maximum absolute atomic E-state index is 12.9. The smallest absolute Gasteiger partial charge is 0.314 e. The molecule has 1 aliphatic heterocycles. The highest BCUT2D eigenvalue weighted by atomic mass is 16.5. The minimum absolute atomic E-state index is 0.0459. The van der Waals surface area contributed by atoms with E-state index in [-0.39, 0.29) is 30.9 Å². The van der Waals surface area contributed by atoms with Crippen LogP contribution in [0.25, 0.3) is 0 Å². The first-order chi connectivity index (χ1) is 15.5. The minimum Gasteiger partial charge on any atom is -0.460 e. The van der Waals surface area contributed by atoms with Crippen molar-refractivity contribution in [2.75, 3.05) is 0 Å². The van der Waals surface area contributed by atoms with Gasteiger partial charge in [-0.2, -0.15) is 0 Å². The average Bonchev–Trinajstić information content (AvgIpc) is 2.82. The van der Waals surface area contributed by atoms with Crippen molar-refractivity contribution < 1.29 is 19.0 Å². The van der Waals surface area contributed by atoms with Gasteiger partial charge in [0, 0.05) is 6.42 Å². The van der Waals surface area contributed by atoms with Crippen LogP contribution in [0, 0.1) is 5.41 Å². The van der Waals surface area contributed by atoms with Crippen molar-refractivity contribution in [3.05, 3.63) is 84.4 Å². The van der Waals surface area contributed by atoms with E-state index in [0.29, 0.717) is 6.61 Å². The second-order valence-corrected chi connectivity index (χ2v) is 9.14. The first kappa shape index (κ1) is 24.2. The van der Waals surface area contributed by atoms with E-state index in [1.807, 2.05) is 68.5 Å². The predicted molar refractivity (Wildman–Crippen MR) is 127 cm³/mol. The van der Waals surface area contributed by atoms with Gasteiger partial charge in [-0.15, -0.1) is 6.58 Å². The van der Waals surface area contributed by atoms with Gasteiger partial charge in [-0.25, -0.2) is 0 Å². The third-order valence-electron chi connectivity index (χ3n) is 6.18. The Morgan fingerprint density at radius 2 is 1.69 bits per heavy atom. The maximum Gasteiger partial charge on any atom is 0.314 e. The van der Waals surface area contributed by atoms with Gasteiger partial charge in [0.15, 0.2) is 0 Å². The Kier molecular flexibility index (Phi) is 9.07. The molecule has 4 nitrogen and oxygen atoms in total. The highest BCUT2D eigenvalue weighted by molar-refractivity contribution is 5.76. The number of ether oxygens (including phenoxy) is 3. The Balaban J connectivity index is 1.53. The van der Waals surface area contributed by atoms with Gasteiger partial charge in [0.25, 0.3) is 0 Å². The number of carbonyl (C=O) groups excluding carboxylic acids is 1. The van der Waals surface area contributed by atoms with Crippen LogP contribution in [0.3, 0.4) is 0 Å². The second-order valence-electron chi connectivity index (χ2n) is 9.14. The highest BCUT2D eigenvalue weighted by Gasteiger charge is 2.42. The lowest BCUT2D eigenvalue weighted by Gasteiger charge is -2.39. The molecule has 1 heterocycles. The molecule has 32 heavy (non-hydrogen) atoms. The van der Waals surface area contributed by atoms with Crippen LogP contribution < -0.4 is 0 Å². The molecule has 0 N–H and O–H groups in total. The molecule has 0 aliphatic carbocycles. The molecule has 0 spiro atoms. The molecule has 3 atom stereocenters. The minimum atomic E-state index is -0.702. The van der Waals surface area contributed by atoms with Crippen LogP contribution in [0.2, 0.25) is 0 Å². The third kappa shape index (κ3) is 7.04. The SMILES string of the molecule is C=CC[C@H](C[C@@H]1CCC[C@H](C(C)(C)C(=O)OCc2ccccc2)O1)OCc1ccccc1. The Labute approximate surface area is 192 Å². The van der Waals surface area contributed by atoms with E-state index >= 15 is 0 Å². The number of benzene rings is 2. The van der Waals surface area contributed by atoms with E-state index in [2.05, 4.69) is 18.7 Å². The Bertz CT molecular complexity index is 831. The summed E-state index contributed by atoms with van der Waals surface area (Å²) in [5.74, 6) is -0.213. The highest BCUT2D eigenvalue weighted by Crippen LogP contribution is 2.35. The monoisotopic (exact) mass is 436 g/mol. The van der Waals surface area contributed by atoms with Crippen LogP contribution >= 0.6 is 0 Å². The van der Waals surface area contributed by atoms with Gasteiger partial charge in [0.1, 0.15) is 6.61 Å². The summed E-state index contributed by atoms with van der Waals surface area (Å²) in [6.07, 6.45) is 6.30. The molecule has 0 aromatic heterocycles. The fourth-order valence-corrected chi connectivity index (χ4v) is 4.14. The maximum atomic E-state index is 12.9. The van der Waals surface area contributed by atoms with E-state index in [1.165, 1.54) is 0 Å². The number of hydrogen-bond donors (Lipinski definition) is 0. The molecule has 0 saturated carbocycles. The molecular formula is C28H36O4. The van der Waals surface area contributed by atoms with Crippen molar-refractivity contribution in [1.29, 1.82) is 0 Å². The fraction of sp³-hybridized carbons (Fsp3) is 0.464. The number of rotatable bonds is 11. The van der Waals surface area contributed by atoms with Crippen molar-refractivity contribution >= 4 is 5.97 Å². The first-order valence-corrected chi connectivity index (χ1v) is 11.6. The zero-order valence-corrected chi connectivity index (χ0v) is 19.4. The summed E-state index contributed by atoms with van der Waals surface area (Å²) in [6, 6.07) is 20.0. The molecule has 172 valence electrons. The third-order valence-corrected chi connectivity index (χ3v) is 6.18. The summed E-state index contributed by atoms with van der Waals surface area (Å²) in [5.41, 5.74) is 1.44. The summed E-state index contributed by atoms with van der Waals surface area (Å²) >= 11 is 0. The molecule has 0 bridgehead atoms. The zero-order valence-electron chi connectivity index (χ0n) is 19.4. The lowest BCUT2D eigenvalue weighted by Crippen LogP contribution is -2.45. The van der Waals surface area contributed by atoms with Crippen LogP contribution in [0.4, 0.5) is 0 Å². The Morgan fingerprint density at radius 3 is 2.31 bits per heavy atom. The van der Waals surface area contributed by atoms with E-state index in [1.54, 1.807) is 0 Å². The molecule has 0 radical (unpaired) electrons. The van der Waals surface area contributed by atoms with Gasteiger partial charge in [-0.3, -0.25) is 4.79 Å². The van der Waals surface area contributed by atoms with Crippen LogP contribution in [0.5, 0.6) is 0 Å². The summed E-state index contributed by atoms with van der Waals surface area (Å²) in [4.78, 5) is 12.9. The summed E-state index contributed by atoms with van der Waals surface area (Å²) < 4.78 is 18.3. The van der Waals surface area contributed by atoms with Crippen LogP contribution in [-0.4, -0.2) is 24.3 Å². The lowest BCUT2D eigenvalue weighted by molar-refractivity contribution is -0.175. The topological polar surface area (TPSA) is 44.8 Å². The van der Waals surface area contributed by atoms with Gasteiger partial charge in [-0.05, 0) is 50.7 Å². The largest absolute Gasteiger partial charge is 0.460 e. The molecular weight excluding hydrogens is 400 g/mol. The number of carbonyl (C=O) groups is 1. The van der Waals surface area contributed by atoms with Crippen molar-refractivity contribution in [3.8, 4) is 0 Å². The average molecular weight is 437 g/mol. The molecule has 2 aromatic rings. The lowest BCUT2D eigenvalue weighted by atomic mass is 9.81. The van der Waals surface area contributed by atoms with Crippen molar-refractivity contribution in [2.45, 2.75) is 77.5 Å². The van der Waals surface area contributed by atoms with Crippen molar-refractivity contribution in [1.82, 2.24) is 0 Å². The molecule has 0 unspecified atom stereocenters. The van der Waals surface area contributed by atoms with Crippen LogP contribution in [-0.2, 0) is 32.2 Å². The van der Waals surface area contributed by atoms with Gasteiger partial charge >= 0.3 is 5.97 Å². The Morgan fingerprint density at radius 1 is 1.06 bits per heavy atom. The van der Waals surface area contributed by atoms with E-state index < -0.39 is 5.41 Å². The predicted octanol–water partition coefficient (Wildman–Crippen LogP) is 6.25. The summed E-state index contributed by atoms with van der Waals surface area (Å²) in [7, 11) is 0. The number of hydrogen-bond acceptors (Lipinski definition) is 4. The Hall–Kier alpha value is -2.43. The molecule has 4 heteroatoms. The van der Waals surface area contributed by atoms with Gasteiger partial charge in [0.05, 0.1) is 30.3 Å². The van der Waals surface area contributed by atoms with Gasteiger partial charge in [-0.1, -0.05) is 66.7 Å². The molecule has 2 aromatic carbocycles. The number of esters is 1.